The van der Waals surface area contributed by atoms with Crippen molar-refractivity contribution in [3.05, 3.63) is 94.5 Å². The fourth-order valence-corrected chi connectivity index (χ4v) is 3.78. The van der Waals surface area contributed by atoms with Crippen LogP contribution < -0.4 is 11.1 Å². The van der Waals surface area contributed by atoms with E-state index in [0.717, 1.165) is 22.3 Å². The molecule has 0 saturated carbocycles. The number of fused-ring (bicyclic) bond motifs is 2. The van der Waals surface area contributed by atoms with Crippen molar-refractivity contribution < 1.29 is 4.79 Å². The number of carbonyl (C=O) groups is 1. The van der Waals surface area contributed by atoms with Crippen LogP contribution in [0.15, 0.2) is 71.8 Å². The molecule has 34 heavy (non-hydrogen) atoms. The van der Waals surface area contributed by atoms with E-state index in [-0.39, 0.29) is 17.3 Å². The molecule has 3 N–H and O–H groups in total. The Balaban J connectivity index is 1.64. The molecule has 5 rings (SSSR count). The van der Waals surface area contributed by atoms with Gasteiger partial charge < -0.3 is 11.1 Å². The fourth-order valence-electron chi connectivity index (χ4n) is 3.78. The normalized spacial score (nSPS) is 11.5. The molecule has 0 saturated heterocycles. The maximum absolute atomic E-state index is 13.4. The average molecular weight is 449 g/mol. The molecule has 7 heteroatoms. The van der Waals surface area contributed by atoms with Gasteiger partial charge in [-0.2, -0.15) is 9.78 Å². The van der Waals surface area contributed by atoms with E-state index in [4.69, 9.17) is 15.7 Å². The van der Waals surface area contributed by atoms with E-state index in [1.807, 2.05) is 87.5 Å². The predicted molar refractivity (Wildman–Crippen MR) is 137 cm³/mol. The second-order valence-corrected chi connectivity index (χ2v) is 8.36. The quantitative estimate of drug-likeness (QED) is 0.368. The highest BCUT2D eigenvalue weighted by atomic mass is 16.1. The molecule has 0 aliphatic carbocycles. The van der Waals surface area contributed by atoms with E-state index in [1.54, 1.807) is 6.21 Å². The van der Waals surface area contributed by atoms with Crippen LogP contribution in [0.1, 0.15) is 32.6 Å². The molecule has 168 valence electrons. The van der Waals surface area contributed by atoms with Crippen molar-refractivity contribution in [3.63, 3.8) is 0 Å². The van der Waals surface area contributed by atoms with Gasteiger partial charge in [0.05, 0.1) is 17.2 Å². The fraction of sp³-hybridized carbons (Fsp3) is 0.111. The number of hydrogen-bond donors (Lipinski definition) is 2. The number of benzene rings is 3. The summed E-state index contributed by atoms with van der Waals surface area (Å²) in [6.45, 7) is 6.06. The second-order valence-electron chi connectivity index (χ2n) is 8.36. The van der Waals surface area contributed by atoms with Gasteiger partial charge in [0.1, 0.15) is 16.9 Å². The number of nitrogens with two attached hydrogens (primary N) is 1. The largest absolute Gasteiger partial charge is 0.383 e. The van der Waals surface area contributed by atoms with Crippen molar-refractivity contribution >= 4 is 45.8 Å². The summed E-state index contributed by atoms with van der Waals surface area (Å²) in [4.78, 5) is 22.8. The Labute approximate surface area is 197 Å². The smallest absolute Gasteiger partial charge is 0.261 e. The van der Waals surface area contributed by atoms with Gasteiger partial charge in [-0.25, -0.2) is 9.97 Å². The second kappa shape index (κ2) is 8.44. The highest BCUT2D eigenvalue weighted by molar-refractivity contribution is 6.16. The first-order valence-corrected chi connectivity index (χ1v) is 11.0. The first-order chi connectivity index (χ1) is 16.4. The molecular formula is C27H24N6O. The van der Waals surface area contributed by atoms with Crippen LogP contribution >= 0.6 is 0 Å². The molecule has 7 nitrogen and oxygen atoms in total. The summed E-state index contributed by atoms with van der Waals surface area (Å²) < 4.78 is 1.48. The number of nitrogens with zero attached hydrogens (tertiary/aromatic N) is 4. The number of hydrogen-bond acceptors (Lipinski definition) is 5. The van der Waals surface area contributed by atoms with Crippen LogP contribution in [0.2, 0.25) is 0 Å². The zero-order valence-electron chi connectivity index (χ0n) is 19.2. The zero-order valence-corrected chi connectivity index (χ0v) is 19.2. The van der Waals surface area contributed by atoms with Crippen LogP contribution in [0.5, 0.6) is 0 Å². The summed E-state index contributed by atoms with van der Waals surface area (Å²) >= 11 is 0. The lowest BCUT2D eigenvalue weighted by Crippen LogP contribution is -2.14. The van der Waals surface area contributed by atoms with E-state index in [0.29, 0.717) is 27.9 Å². The van der Waals surface area contributed by atoms with Crippen LogP contribution in [0.4, 0.5) is 11.5 Å². The number of para-hydroxylation sites is 2. The Bertz CT molecular complexity index is 1580. The standard InChI is InChI=1S/C27H24N6O/c1-16-8-11-19(12-9-16)15-29-33-25(28)23(27(34)30-20-13-10-17(2)18(3)14-20)24-26(33)32-22-7-5-4-6-21(22)31-24/h4-15H,28H2,1-3H3,(H,30,34)/b29-15+. The minimum atomic E-state index is -0.361. The third kappa shape index (κ3) is 3.88. The Kier molecular flexibility index (Phi) is 5.30. The van der Waals surface area contributed by atoms with Gasteiger partial charge >= 0.3 is 0 Å². The van der Waals surface area contributed by atoms with E-state index >= 15 is 0 Å². The molecule has 2 heterocycles. The van der Waals surface area contributed by atoms with Crippen molar-refractivity contribution in [2.75, 3.05) is 11.1 Å². The number of amides is 1. The Hall–Kier alpha value is -4.52. The Morgan fingerprint density at radius 1 is 0.941 bits per heavy atom. The molecular weight excluding hydrogens is 424 g/mol. The van der Waals surface area contributed by atoms with Gasteiger partial charge in [-0.15, -0.1) is 0 Å². The molecule has 0 aliphatic heterocycles. The number of rotatable bonds is 4. The summed E-state index contributed by atoms with van der Waals surface area (Å²) in [6.07, 6.45) is 1.69. The summed E-state index contributed by atoms with van der Waals surface area (Å²) in [6, 6.07) is 21.2. The van der Waals surface area contributed by atoms with Gasteiger partial charge in [-0.3, -0.25) is 4.79 Å². The van der Waals surface area contributed by atoms with Gasteiger partial charge in [-0.1, -0.05) is 48.0 Å². The zero-order chi connectivity index (χ0) is 23.8. The van der Waals surface area contributed by atoms with Crippen LogP contribution in [0.25, 0.3) is 22.2 Å². The minimum absolute atomic E-state index is 0.176. The molecule has 0 aliphatic rings. The van der Waals surface area contributed by atoms with Gasteiger partial charge in [0.2, 0.25) is 0 Å². The molecule has 3 aromatic carbocycles. The Morgan fingerprint density at radius 3 is 2.35 bits per heavy atom. The van der Waals surface area contributed by atoms with Gasteiger partial charge in [0.25, 0.3) is 5.91 Å². The maximum atomic E-state index is 13.4. The molecule has 0 radical (unpaired) electrons. The number of carbonyl (C=O) groups excluding carboxylic acids is 1. The van der Waals surface area contributed by atoms with Crippen molar-refractivity contribution in [1.29, 1.82) is 0 Å². The lowest BCUT2D eigenvalue weighted by molar-refractivity contribution is 0.102. The van der Waals surface area contributed by atoms with Gasteiger partial charge in [0, 0.05) is 5.69 Å². The lowest BCUT2D eigenvalue weighted by Gasteiger charge is -2.08. The number of nitrogen functional groups attached to an aromatic ring is 1. The highest BCUT2D eigenvalue weighted by Crippen LogP contribution is 2.29. The van der Waals surface area contributed by atoms with E-state index in [9.17, 15) is 4.79 Å². The molecule has 5 aromatic rings. The lowest BCUT2D eigenvalue weighted by atomic mass is 10.1. The number of aromatic nitrogens is 3. The summed E-state index contributed by atoms with van der Waals surface area (Å²) in [5, 5.41) is 7.51. The van der Waals surface area contributed by atoms with Gasteiger partial charge in [-0.05, 0) is 61.7 Å². The first kappa shape index (κ1) is 21.3. The molecule has 0 atom stereocenters. The molecule has 0 fully saturated rings. The van der Waals surface area contributed by atoms with Crippen LogP contribution in [0, 0.1) is 20.8 Å². The maximum Gasteiger partial charge on any atom is 0.261 e. The first-order valence-electron chi connectivity index (χ1n) is 11.0. The monoisotopic (exact) mass is 448 g/mol. The van der Waals surface area contributed by atoms with Gasteiger partial charge in [0.15, 0.2) is 5.65 Å². The van der Waals surface area contributed by atoms with E-state index in [2.05, 4.69) is 10.4 Å². The molecule has 0 unspecified atom stereocenters. The number of anilines is 2. The number of nitrogens with one attached hydrogen (secondary N) is 1. The molecule has 0 spiro atoms. The predicted octanol–water partition coefficient (Wildman–Crippen LogP) is 5.23. The van der Waals surface area contributed by atoms with Crippen LogP contribution in [-0.2, 0) is 0 Å². The van der Waals surface area contributed by atoms with Crippen molar-refractivity contribution in [3.8, 4) is 0 Å². The third-order valence-corrected chi connectivity index (χ3v) is 5.87. The molecule has 0 bridgehead atoms. The third-order valence-electron chi connectivity index (χ3n) is 5.87. The van der Waals surface area contributed by atoms with Crippen molar-refractivity contribution in [2.45, 2.75) is 20.8 Å². The van der Waals surface area contributed by atoms with Crippen molar-refractivity contribution in [2.24, 2.45) is 5.10 Å². The molecule has 2 aromatic heterocycles. The topological polar surface area (TPSA) is 98.2 Å². The Morgan fingerprint density at radius 2 is 1.65 bits per heavy atom. The average Bonchev–Trinajstić information content (AvgIpc) is 3.09. The van der Waals surface area contributed by atoms with Crippen LogP contribution in [0.3, 0.4) is 0 Å². The summed E-state index contributed by atoms with van der Waals surface area (Å²) in [7, 11) is 0. The highest BCUT2D eigenvalue weighted by Gasteiger charge is 2.24. The minimum Gasteiger partial charge on any atom is -0.383 e. The number of aryl methyl sites for hydroxylation is 3. The molecule has 1 amide bonds. The van der Waals surface area contributed by atoms with Crippen molar-refractivity contribution in [1.82, 2.24) is 14.6 Å². The SMILES string of the molecule is Cc1ccc(/C=N/n2c(N)c(C(=O)Nc3ccc(C)c(C)c3)c3nc4ccccc4nc32)cc1. The van der Waals surface area contributed by atoms with E-state index < -0.39 is 0 Å². The summed E-state index contributed by atoms with van der Waals surface area (Å²) in [5.74, 6) is -0.186. The van der Waals surface area contributed by atoms with Crippen LogP contribution in [-0.4, -0.2) is 26.8 Å². The summed E-state index contributed by atoms with van der Waals surface area (Å²) in [5.41, 5.74) is 13.9. The van der Waals surface area contributed by atoms with E-state index in [1.165, 1.54) is 4.68 Å².